The van der Waals surface area contributed by atoms with Crippen molar-refractivity contribution < 1.29 is 0 Å². The zero-order valence-corrected chi connectivity index (χ0v) is 12.6. The Hall–Kier alpha value is -1.87. The van der Waals surface area contributed by atoms with Gasteiger partial charge in [0.1, 0.15) is 11.3 Å². The van der Waals surface area contributed by atoms with Crippen LogP contribution >= 0.6 is 11.6 Å². The molecular formula is C16H16ClN3. The quantitative estimate of drug-likeness (QED) is 0.664. The molecule has 0 atom stereocenters. The van der Waals surface area contributed by atoms with Gasteiger partial charge in [0.15, 0.2) is 5.65 Å². The first-order valence-corrected chi connectivity index (χ1v) is 7.12. The van der Waals surface area contributed by atoms with Gasteiger partial charge in [0, 0.05) is 11.9 Å². The monoisotopic (exact) mass is 285 g/mol. The summed E-state index contributed by atoms with van der Waals surface area (Å²) in [6, 6.07) is 8.32. The van der Waals surface area contributed by atoms with E-state index < -0.39 is 0 Å². The van der Waals surface area contributed by atoms with Crippen molar-refractivity contribution in [3.05, 3.63) is 53.0 Å². The molecule has 0 aliphatic heterocycles. The largest absolute Gasteiger partial charge is 0.280 e. The molecule has 20 heavy (non-hydrogen) atoms. The van der Waals surface area contributed by atoms with Gasteiger partial charge >= 0.3 is 0 Å². The van der Waals surface area contributed by atoms with Crippen LogP contribution in [0.5, 0.6) is 0 Å². The molecule has 0 saturated heterocycles. The van der Waals surface area contributed by atoms with Crippen LogP contribution in [0.15, 0.2) is 30.5 Å². The number of nitrogens with zero attached hydrogens (tertiary/aromatic N) is 3. The van der Waals surface area contributed by atoms with Crippen molar-refractivity contribution in [1.82, 2.24) is 14.5 Å². The number of fused-ring (bicyclic) bond motifs is 1. The normalized spacial score (nSPS) is 11.2. The molecule has 0 radical (unpaired) electrons. The molecule has 0 unspecified atom stereocenters. The second-order valence-corrected chi connectivity index (χ2v) is 5.33. The number of rotatable bonds is 2. The van der Waals surface area contributed by atoms with E-state index in [4.69, 9.17) is 11.6 Å². The summed E-state index contributed by atoms with van der Waals surface area (Å²) in [5.74, 6) is 1.19. The highest BCUT2D eigenvalue weighted by Crippen LogP contribution is 2.24. The summed E-state index contributed by atoms with van der Waals surface area (Å²) in [5.41, 5.74) is 6.48. The Morgan fingerprint density at radius 1 is 1.05 bits per heavy atom. The fourth-order valence-corrected chi connectivity index (χ4v) is 2.54. The number of aryl methyl sites for hydroxylation is 3. The Bertz CT molecular complexity index is 790. The van der Waals surface area contributed by atoms with Crippen molar-refractivity contribution in [2.24, 2.45) is 0 Å². The van der Waals surface area contributed by atoms with Crippen molar-refractivity contribution in [2.45, 2.75) is 26.7 Å². The van der Waals surface area contributed by atoms with Gasteiger partial charge < -0.3 is 0 Å². The van der Waals surface area contributed by atoms with Crippen LogP contribution < -0.4 is 0 Å². The second-order valence-electron chi connectivity index (χ2n) is 5.07. The molecule has 2 aromatic heterocycles. The van der Waals surface area contributed by atoms with Gasteiger partial charge in [-0.2, -0.15) is 0 Å². The van der Waals surface area contributed by atoms with Gasteiger partial charge in [0.25, 0.3) is 0 Å². The molecule has 3 rings (SSSR count). The first kappa shape index (κ1) is 13.1. The minimum atomic E-state index is 0.364. The maximum absolute atomic E-state index is 6.07. The third-order valence-corrected chi connectivity index (χ3v) is 3.92. The molecule has 3 nitrogen and oxygen atoms in total. The van der Waals surface area contributed by atoms with Gasteiger partial charge in [-0.15, -0.1) is 11.6 Å². The predicted octanol–water partition coefficient (Wildman–Crippen LogP) is 4.08. The highest BCUT2D eigenvalue weighted by molar-refractivity contribution is 6.17. The van der Waals surface area contributed by atoms with Crippen LogP contribution in [-0.2, 0) is 5.88 Å². The number of benzene rings is 1. The number of hydrogen-bond acceptors (Lipinski definition) is 2. The fraction of sp³-hybridized carbons (Fsp3) is 0.250. The van der Waals surface area contributed by atoms with Gasteiger partial charge in [0.05, 0.1) is 5.88 Å². The van der Waals surface area contributed by atoms with Crippen LogP contribution in [0.25, 0.3) is 16.9 Å². The Balaban J connectivity index is 2.34. The Morgan fingerprint density at radius 2 is 1.85 bits per heavy atom. The summed E-state index contributed by atoms with van der Waals surface area (Å²) < 4.78 is 2.04. The summed E-state index contributed by atoms with van der Waals surface area (Å²) >= 11 is 6.07. The molecule has 0 bridgehead atoms. The highest BCUT2D eigenvalue weighted by Gasteiger charge is 2.14. The van der Waals surface area contributed by atoms with E-state index in [2.05, 4.69) is 42.0 Å². The number of alkyl halides is 1. The number of hydrogen-bond donors (Lipinski definition) is 0. The first-order chi connectivity index (χ1) is 9.61. The molecule has 0 N–H and O–H groups in total. The van der Waals surface area contributed by atoms with Crippen LogP contribution in [0, 0.1) is 20.8 Å². The SMILES string of the molecule is Cc1ccc(-n2c(CCl)nc3c(C)ccnc32)cc1C. The van der Waals surface area contributed by atoms with Gasteiger partial charge in [-0.05, 0) is 55.7 Å². The average Bonchev–Trinajstić information content (AvgIpc) is 2.82. The van der Waals surface area contributed by atoms with E-state index in [-0.39, 0.29) is 0 Å². The van der Waals surface area contributed by atoms with E-state index >= 15 is 0 Å². The molecule has 2 heterocycles. The van der Waals surface area contributed by atoms with Crippen LogP contribution in [-0.4, -0.2) is 14.5 Å². The van der Waals surface area contributed by atoms with E-state index in [0.717, 1.165) is 28.2 Å². The minimum Gasteiger partial charge on any atom is -0.280 e. The molecule has 3 aromatic rings. The molecule has 0 fully saturated rings. The standard InChI is InChI=1S/C16H16ClN3/c1-10-4-5-13(8-12(10)3)20-14(9-17)19-15-11(2)6-7-18-16(15)20/h4-8H,9H2,1-3H3. The van der Waals surface area contributed by atoms with Gasteiger partial charge in [-0.25, -0.2) is 9.97 Å². The molecule has 102 valence electrons. The molecule has 0 spiro atoms. The Labute approximate surface area is 123 Å². The summed E-state index contributed by atoms with van der Waals surface area (Å²) in [4.78, 5) is 9.11. The van der Waals surface area contributed by atoms with Crippen molar-refractivity contribution in [3.63, 3.8) is 0 Å². The van der Waals surface area contributed by atoms with E-state index in [9.17, 15) is 0 Å². The van der Waals surface area contributed by atoms with E-state index in [1.807, 2.05) is 23.8 Å². The second kappa shape index (κ2) is 4.91. The molecular weight excluding hydrogens is 270 g/mol. The summed E-state index contributed by atoms with van der Waals surface area (Å²) in [6.45, 7) is 6.26. The number of pyridine rings is 1. The molecule has 0 aliphatic carbocycles. The van der Waals surface area contributed by atoms with E-state index in [0.29, 0.717) is 5.88 Å². The van der Waals surface area contributed by atoms with Gasteiger partial charge in [-0.1, -0.05) is 6.07 Å². The smallest absolute Gasteiger partial charge is 0.164 e. The third-order valence-electron chi connectivity index (χ3n) is 3.69. The van der Waals surface area contributed by atoms with E-state index in [1.54, 1.807) is 0 Å². The summed E-state index contributed by atoms with van der Waals surface area (Å²) in [6.07, 6.45) is 1.81. The first-order valence-electron chi connectivity index (χ1n) is 6.58. The van der Waals surface area contributed by atoms with Gasteiger partial charge in [0.2, 0.25) is 0 Å². The van der Waals surface area contributed by atoms with Crippen molar-refractivity contribution in [3.8, 4) is 5.69 Å². The van der Waals surface area contributed by atoms with E-state index in [1.165, 1.54) is 11.1 Å². The van der Waals surface area contributed by atoms with Crippen LogP contribution in [0.3, 0.4) is 0 Å². The average molecular weight is 286 g/mol. The topological polar surface area (TPSA) is 30.7 Å². The molecule has 0 saturated carbocycles. The molecule has 0 aliphatic rings. The lowest BCUT2D eigenvalue weighted by Gasteiger charge is -2.09. The van der Waals surface area contributed by atoms with Crippen LogP contribution in [0.4, 0.5) is 0 Å². The lowest BCUT2D eigenvalue weighted by Crippen LogP contribution is -2.01. The number of imidazole rings is 1. The molecule has 1 aromatic carbocycles. The summed E-state index contributed by atoms with van der Waals surface area (Å²) in [5, 5.41) is 0. The summed E-state index contributed by atoms with van der Waals surface area (Å²) in [7, 11) is 0. The maximum Gasteiger partial charge on any atom is 0.164 e. The zero-order valence-electron chi connectivity index (χ0n) is 11.8. The lowest BCUT2D eigenvalue weighted by atomic mass is 10.1. The zero-order chi connectivity index (χ0) is 14.3. The highest BCUT2D eigenvalue weighted by atomic mass is 35.5. The van der Waals surface area contributed by atoms with Crippen molar-refractivity contribution in [2.75, 3.05) is 0 Å². The Kier molecular flexibility index (Phi) is 3.22. The van der Waals surface area contributed by atoms with Gasteiger partial charge in [-0.3, -0.25) is 4.57 Å². The Morgan fingerprint density at radius 3 is 2.55 bits per heavy atom. The van der Waals surface area contributed by atoms with Crippen molar-refractivity contribution in [1.29, 1.82) is 0 Å². The van der Waals surface area contributed by atoms with Crippen molar-refractivity contribution >= 4 is 22.8 Å². The maximum atomic E-state index is 6.07. The number of aromatic nitrogens is 3. The predicted molar refractivity (Wildman–Crippen MR) is 82.6 cm³/mol. The van der Waals surface area contributed by atoms with Crippen LogP contribution in [0.1, 0.15) is 22.5 Å². The fourth-order valence-electron chi connectivity index (χ4n) is 2.36. The third kappa shape index (κ3) is 1.98. The lowest BCUT2D eigenvalue weighted by molar-refractivity contribution is 0.966. The molecule has 0 amide bonds. The number of halogens is 1. The minimum absolute atomic E-state index is 0.364. The molecule has 4 heteroatoms. The van der Waals surface area contributed by atoms with Crippen LogP contribution in [0.2, 0.25) is 0 Å².